The van der Waals surface area contributed by atoms with E-state index in [4.69, 9.17) is 0 Å². The van der Waals surface area contributed by atoms with E-state index < -0.39 is 6.04 Å². The van der Waals surface area contributed by atoms with Gasteiger partial charge in [-0.1, -0.05) is 48.5 Å². The molecule has 3 unspecified atom stereocenters. The summed E-state index contributed by atoms with van der Waals surface area (Å²) in [5.41, 5.74) is 2.18. The summed E-state index contributed by atoms with van der Waals surface area (Å²) in [6, 6.07) is 16.6. The highest BCUT2D eigenvalue weighted by Gasteiger charge is 2.42. The van der Waals surface area contributed by atoms with Gasteiger partial charge in [0.2, 0.25) is 0 Å². The molecule has 130 valence electrons. The Hall–Kier alpha value is -3.01. The number of hydrogen-bond acceptors (Lipinski definition) is 3. The molecule has 0 saturated heterocycles. The fourth-order valence-electron chi connectivity index (χ4n) is 3.91. The molecule has 0 radical (unpaired) electrons. The van der Waals surface area contributed by atoms with Gasteiger partial charge in [0, 0.05) is 0 Å². The van der Waals surface area contributed by atoms with Gasteiger partial charge in [-0.15, -0.1) is 6.58 Å². The largest absolute Gasteiger partial charge is 0.292 e. The predicted molar refractivity (Wildman–Crippen MR) is 102 cm³/mol. The molecule has 0 aromatic heterocycles. The zero-order chi connectivity index (χ0) is 18.1. The Bertz CT molecular complexity index is 853. The molecule has 0 aliphatic carbocycles. The molecular weight excluding hydrogens is 324 g/mol. The van der Waals surface area contributed by atoms with Crippen LogP contribution in [0.2, 0.25) is 0 Å². The maximum absolute atomic E-state index is 12.8. The van der Waals surface area contributed by atoms with Crippen molar-refractivity contribution < 1.29 is 9.59 Å². The van der Waals surface area contributed by atoms with Crippen molar-refractivity contribution in [3.05, 3.63) is 83.9 Å². The van der Waals surface area contributed by atoms with Crippen LogP contribution in [0.4, 0.5) is 0 Å². The Morgan fingerprint density at radius 3 is 2.23 bits per heavy atom. The molecule has 0 spiro atoms. The normalized spacial score (nSPS) is 23.0. The third kappa shape index (κ3) is 2.68. The fraction of sp³-hybridized carbons (Fsp3) is 0.227. The summed E-state index contributed by atoms with van der Waals surface area (Å²) in [6.45, 7) is 3.89. The molecule has 4 rings (SSSR count). The lowest BCUT2D eigenvalue weighted by Gasteiger charge is -2.33. The van der Waals surface area contributed by atoms with Crippen LogP contribution in [0.3, 0.4) is 0 Å². The topological polar surface area (TPSA) is 49.7 Å². The van der Waals surface area contributed by atoms with Gasteiger partial charge in [-0.05, 0) is 42.7 Å². The molecule has 0 fully saturated rings. The number of benzene rings is 2. The molecule has 4 nitrogen and oxygen atoms in total. The summed E-state index contributed by atoms with van der Waals surface area (Å²) < 4.78 is 0. The number of nitrogens with zero attached hydrogens (tertiary/aromatic N) is 2. The number of carbonyl (C=O) groups excluding carboxylic acids is 2. The fourth-order valence-corrected chi connectivity index (χ4v) is 3.91. The molecule has 2 aliphatic rings. The van der Waals surface area contributed by atoms with E-state index >= 15 is 0 Å². The van der Waals surface area contributed by atoms with Crippen LogP contribution in [0.15, 0.2) is 72.2 Å². The molecule has 2 amide bonds. The molecule has 2 aliphatic heterocycles. The lowest BCUT2D eigenvalue weighted by atomic mass is 9.85. The van der Waals surface area contributed by atoms with Crippen LogP contribution < -0.4 is 0 Å². The highest BCUT2D eigenvalue weighted by atomic mass is 16.2. The van der Waals surface area contributed by atoms with E-state index in [1.807, 2.05) is 24.4 Å². The first-order valence-electron chi connectivity index (χ1n) is 8.86. The molecule has 2 aromatic rings. The summed E-state index contributed by atoms with van der Waals surface area (Å²) in [5, 5.41) is 0. The van der Waals surface area contributed by atoms with E-state index in [1.54, 1.807) is 30.3 Å². The second kappa shape index (κ2) is 6.71. The van der Waals surface area contributed by atoms with Gasteiger partial charge >= 0.3 is 0 Å². The van der Waals surface area contributed by atoms with Gasteiger partial charge in [0.15, 0.2) is 0 Å². The number of amides is 2. The maximum Gasteiger partial charge on any atom is 0.262 e. The van der Waals surface area contributed by atoms with E-state index in [2.05, 4.69) is 23.7 Å². The standard InChI is InChI=1S/C22H20N2O2/c1-2-20(24-21(25)17-10-6-7-11-18(17)22(24)26)19-14-16(12-13-23-19)15-8-4-3-5-9-15/h2-11,13,16,19-20H,1,12,14H2. The summed E-state index contributed by atoms with van der Waals surface area (Å²) in [4.78, 5) is 31.6. The number of aliphatic imine (C=N–C) groups is 1. The molecule has 0 saturated carbocycles. The van der Waals surface area contributed by atoms with Crippen LogP contribution >= 0.6 is 0 Å². The molecule has 4 heteroatoms. The highest BCUT2D eigenvalue weighted by Crippen LogP contribution is 2.33. The maximum atomic E-state index is 12.8. The third-order valence-electron chi connectivity index (χ3n) is 5.24. The van der Waals surface area contributed by atoms with E-state index in [9.17, 15) is 9.59 Å². The van der Waals surface area contributed by atoms with Crippen molar-refractivity contribution in [2.75, 3.05) is 0 Å². The number of carbonyl (C=O) groups is 2. The number of fused-ring (bicyclic) bond motifs is 1. The number of hydrogen-bond donors (Lipinski definition) is 0. The Balaban J connectivity index is 1.61. The molecule has 3 atom stereocenters. The Labute approximate surface area is 152 Å². The second-order valence-electron chi connectivity index (χ2n) is 6.73. The SMILES string of the molecule is C=CC(C1CC(c2ccccc2)CC=N1)N1C(=O)c2ccccc2C1=O. The van der Waals surface area contributed by atoms with Gasteiger partial charge < -0.3 is 0 Å². The minimum absolute atomic E-state index is 0.173. The van der Waals surface area contributed by atoms with Crippen molar-refractivity contribution in [2.45, 2.75) is 30.8 Å². The zero-order valence-corrected chi connectivity index (χ0v) is 14.4. The van der Waals surface area contributed by atoms with Gasteiger partial charge in [-0.2, -0.15) is 0 Å². The monoisotopic (exact) mass is 344 g/mol. The minimum atomic E-state index is -0.440. The molecule has 26 heavy (non-hydrogen) atoms. The van der Waals surface area contributed by atoms with Crippen molar-refractivity contribution in [2.24, 2.45) is 4.99 Å². The van der Waals surface area contributed by atoms with E-state index in [1.165, 1.54) is 10.5 Å². The lowest BCUT2D eigenvalue weighted by Crippen LogP contribution is -2.46. The predicted octanol–water partition coefficient (Wildman–Crippen LogP) is 3.85. The van der Waals surface area contributed by atoms with Gasteiger partial charge in [0.05, 0.1) is 23.2 Å². The summed E-state index contributed by atoms with van der Waals surface area (Å²) in [5.74, 6) is -0.184. The molecule has 2 heterocycles. The van der Waals surface area contributed by atoms with Crippen LogP contribution in [0.5, 0.6) is 0 Å². The lowest BCUT2D eigenvalue weighted by molar-refractivity contribution is 0.0593. The first-order chi connectivity index (χ1) is 12.7. The van der Waals surface area contributed by atoms with Gasteiger partial charge in [0.1, 0.15) is 0 Å². The van der Waals surface area contributed by atoms with Gasteiger partial charge in [-0.3, -0.25) is 19.5 Å². The minimum Gasteiger partial charge on any atom is -0.292 e. The second-order valence-corrected chi connectivity index (χ2v) is 6.73. The number of rotatable bonds is 4. The van der Waals surface area contributed by atoms with E-state index in [0.29, 0.717) is 17.0 Å². The van der Waals surface area contributed by atoms with Crippen LogP contribution in [0.1, 0.15) is 45.0 Å². The van der Waals surface area contributed by atoms with Crippen molar-refractivity contribution in [3.63, 3.8) is 0 Å². The van der Waals surface area contributed by atoms with Crippen LogP contribution in [0, 0.1) is 0 Å². The molecule has 2 aromatic carbocycles. The van der Waals surface area contributed by atoms with E-state index in [-0.39, 0.29) is 17.9 Å². The average Bonchev–Trinajstić information content (AvgIpc) is 2.95. The Kier molecular flexibility index (Phi) is 4.25. The third-order valence-corrected chi connectivity index (χ3v) is 5.24. The Morgan fingerprint density at radius 2 is 1.62 bits per heavy atom. The Morgan fingerprint density at radius 1 is 1.00 bits per heavy atom. The van der Waals surface area contributed by atoms with Crippen molar-refractivity contribution in [3.8, 4) is 0 Å². The average molecular weight is 344 g/mol. The van der Waals surface area contributed by atoms with Gasteiger partial charge in [-0.25, -0.2) is 0 Å². The molecule has 0 N–H and O–H groups in total. The zero-order valence-electron chi connectivity index (χ0n) is 14.4. The first-order valence-corrected chi connectivity index (χ1v) is 8.86. The van der Waals surface area contributed by atoms with Crippen LogP contribution in [-0.4, -0.2) is 35.0 Å². The van der Waals surface area contributed by atoms with Crippen molar-refractivity contribution >= 4 is 18.0 Å². The van der Waals surface area contributed by atoms with Crippen molar-refractivity contribution in [1.29, 1.82) is 0 Å². The van der Waals surface area contributed by atoms with Crippen LogP contribution in [-0.2, 0) is 0 Å². The number of imide groups is 1. The summed E-state index contributed by atoms with van der Waals surface area (Å²) in [6.07, 6.45) is 5.24. The van der Waals surface area contributed by atoms with E-state index in [0.717, 1.165) is 12.8 Å². The van der Waals surface area contributed by atoms with Crippen LogP contribution in [0.25, 0.3) is 0 Å². The molecular formula is C22H20N2O2. The quantitative estimate of drug-likeness (QED) is 0.625. The van der Waals surface area contributed by atoms with Gasteiger partial charge in [0.25, 0.3) is 11.8 Å². The first kappa shape index (κ1) is 16.5. The van der Waals surface area contributed by atoms with Crippen molar-refractivity contribution in [1.82, 2.24) is 4.90 Å². The highest BCUT2D eigenvalue weighted by molar-refractivity contribution is 6.21. The summed E-state index contributed by atoms with van der Waals surface area (Å²) >= 11 is 0. The smallest absolute Gasteiger partial charge is 0.262 e. The summed E-state index contributed by atoms with van der Waals surface area (Å²) in [7, 11) is 0. The molecule has 0 bridgehead atoms.